The Hall–Kier alpha value is -4.15. The molecule has 31 heavy (non-hydrogen) atoms. The van der Waals surface area contributed by atoms with Crippen molar-refractivity contribution in [2.24, 2.45) is 0 Å². The SMILES string of the molecule is CCn1nc(C)cc1NC(=O)Cn1cnc2c(Nc3ccc(OC)cc3)nc(N)nc21. The van der Waals surface area contributed by atoms with Crippen LogP contribution in [0.25, 0.3) is 11.2 Å². The zero-order valence-corrected chi connectivity index (χ0v) is 17.5. The van der Waals surface area contributed by atoms with Crippen molar-refractivity contribution in [3.8, 4) is 5.75 Å². The molecule has 0 atom stereocenters. The highest BCUT2D eigenvalue weighted by Gasteiger charge is 2.16. The average molecular weight is 421 g/mol. The summed E-state index contributed by atoms with van der Waals surface area (Å²) in [7, 11) is 1.61. The number of anilines is 4. The molecule has 0 bridgehead atoms. The van der Waals surface area contributed by atoms with E-state index in [2.05, 4.69) is 30.7 Å². The van der Waals surface area contributed by atoms with Gasteiger partial charge in [-0.1, -0.05) is 0 Å². The molecular weight excluding hydrogens is 398 g/mol. The van der Waals surface area contributed by atoms with Crippen molar-refractivity contribution in [1.82, 2.24) is 29.3 Å². The van der Waals surface area contributed by atoms with Crippen LogP contribution in [0.1, 0.15) is 12.6 Å². The summed E-state index contributed by atoms with van der Waals surface area (Å²) in [5, 5.41) is 10.4. The van der Waals surface area contributed by atoms with Crippen LogP contribution in [0.5, 0.6) is 5.75 Å². The van der Waals surface area contributed by atoms with Crippen LogP contribution >= 0.6 is 0 Å². The highest BCUT2D eigenvalue weighted by atomic mass is 16.5. The van der Waals surface area contributed by atoms with Crippen LogP contribution in [0, 0.1) is 6.92 Å². The number of hydrogen-bond acceptors (Lipinski definition) is 8. The van der Waals surface area contributed by atoms with E-state index in [0.717, 1.165) is 17.1 Å². The molecule has 0 aliphatic heterocycles. The van der Waals surface area contributed by atoms with E-state index in [9.17, 15) is 4.79 Å². The monoisotopic (exact) mass is 421 g/mol. The third-order valence-electron chi connectivity index (χ3n) is 4.62. The standard InChI is InChI=1S/C20H23N9O2/c1-4-29-15(9-12(2)27-29)24-16(30)10-28-11-22-17-18(25-20(21)26-19(17)28)23-13-5-7-14(31-3)8-6-13/h5-9,11H,4,10H2,1-3H3,(H,24,30)(H3,21,23,25,26). The maximum absolute atomic E-state index is 12.6. The number of nitrogen functional groups attached to an aromatic ring is 1. The molecule has 0 radical (unpaired) electrons. The van der Waals surface area contributed by atoms with Gasteiger partial charge in [0.25, 0.3) is 0 Å². The Balaban J connectivity index is 1.57. The number of methoxy groups -OCH3 is 1. The minimum absolute atomic E-state index is 0.0167. The molecule has 160 valence electrons. The Morgan fingerprint density at radius 2 is 2.00 bits per heavy atom. The number of aryl methyl sites for hydroxylation is 2. The van der Waals surface area contributed by atoms with Gasteiger partial charge in [-0.15, -0.1) is 0 Å². The number of nitrogens with one attached hydrogen (secondary N) is 2. The van der Waals surface area contributed by atoms with E-state index < -0.39 is 0 Å². The van der Waals surface area contributed by atoms with Gasteiger partial charge in [-0.3, -0.25) is 4.79 Å². The molecule has 4 N–H and O–H groups in total. The van der Waals surface area contributed by atoms with Crippen molar-refractivity contribution < 1.29 is 9.53 Å². The van der Waals surface area contributed by atoms with Crippen molar-refractivity contribution in [2.75, 3.05) is 23.5 Å². The lowest BCUT2D eigenvalue weighted by Gasteiger charge is -2.09. The van der Waals surface area contributed by atoms with Crippen molar-refractivity contribution >= 4 is 40.3 Å². The van der Waals surface area contributed by atoms with Gasteiger partial charge in [-0.25, -0.2) is 9.67 Å². The number of ether oxygens (including phenoxy) is 1. The van der Waals surface area contributed by atoms with Gasteiger partial charge < -0.3 is 25.7 Å². The zero-order valence-electron chi connectivity index (χ0n) is 17.5. The molecule has 4 aromatic rings. The van der Waals surface area contributed by atoms with E-state index in [1.807, 2.05) is 44.2 Å². The molecule has 11 heteroatoms. The second-order valence-corrected chi connectivity index (χ2v) is 6.86. The molecular formula is C20H23N9O2. The molecule has 0 saturated heterocycles. The Labute approximate surface area is 178 Å². The minimum Gasteiger partial charge on any atom is -0.497 e. The number of benzene rings is 1. The molecule has 0 fully saturated rings. The summed E-state index contributed by atoms with van der Waals surface area (Å²) >= 11 is 0. The Morgan fingerprint density at radius 3 is 2.71 bits per heavy atom. The molecule has 3 heterocycles. The minimum atomic E-state index is -0.226. The fourth-order valence-corrected chi connectivity index (χ4v) is 3.20. The summed E-state index contributed by atoms with van der Waals surface area (Å²) in [6.07, 6.45) is 1.54. The first-order valence-electron chi connectivity index (χ1n) is 9.70. The van der Waals surface area contributed by atoms with E-state index in [1.165, 1.54) is 0 Å². The number of carbonyl (C=O) groups is 1. The van der Waals surface area contributed by atoms with Crippen molar-refractivity contribution in [3.63, 3.8) is 0 Å². The number of hydrogen-bond donors (Lipinski definition) is 3. The summed E-state index contributed by atoms with van der Waals surface area (Å²) in [4.78, 5) is 25.5. The van der Waals surface area contributed by atoms with Crippen LogP contribution in [0.4, 0.5) is 23.3 Å². The number of rotatable bonds is 7. The number of nitrogens with zero attached hydrogens (tertiary/aromatic N) is 6. The molecule has 0 saturated carbocycles. The van der Waals surface area contributed by atoms with Crippen molar-refractivity contribution in [3.05, 3.63) is 42.4 Å². The molecule has 0 aliphatic rings. The fourth-order valence-electron chi connectivity index (χ4n) is 3.20. The normalized spacial score (nSPS) is 10.9. The molecule has 1 aromatic carbocycles. The van der Waals surface area contributed by atoms with Crippen LogP contribution < -0.4 is 21.1 Å². The lowest BCUT2D eigenvalue weighted by atomic mass is 10.3. The summed E-state index contributed by atoms with van der Waals surface area (Å²) in [5.41, 5.74) is 8.50. The van der Waals surface area contributed by atoms with Gasteiger partial charge in [0.2, 0.25) is 11.9 Å². The van der Waals surface area contributed by atoms with Gasteiger partial charge in [0.1, 0.15) is 18.1 Å². The van der Waals surface area contributed by atoms with E-state index in [0.29, 0.717) is 29.3 Å². The lowest BCUT2D eigenvalue weighted by Crippen LogP contribution is -2.20. The maximum Gasteiger partial charge on any atom is 0.245 e. The van der Waals surface area contributed by atoms with E-state index >= 15 is 0 Å². The van der Waals surface area contributed by atoms with Crippen LogP contribution in [0.15, 0.2) is 36.7 Å². The molecule has 0 unspecified atom stereocenters. The van der Waals surface area contributed by atoms with Crippen LogP contribution in [-0.2, 0) is 17.9 Å². The third kappa shape index (κ3) is 4.25. The number of aromatic nitrogens is 6. The second-order valence-electron chi connectivity index (χ2n) is 6.86. The topological polar surface area (TPSA) is 138 Å². The highest BCUT2D eigenvalue weighted by Crippen LogP contribution is 2.25. The number of imidazole rings is 1. The number of amides is 1. The summed E-state index contributed by atoms with van der Waals surface area (Å²) in [5.74, 6) is 1.69. The fraction of sp³-hybridized carbons (Fsp3) is 0.250. The zero-order chi connectivity index (χ0) is 22.0. The van der Waals surface area contributed by atoms with Crippen molar-refractivity contribution in [1.29, 1.82) is 0 Å². The average Bonchev–Trinajstić information content (AvgIpc) is 3.31. The van der Waals surface area contributed by atoms with E-state index in [1.54, 1.807) is 22.7 Å². The Bertz CT molecular complexity index is 1230. The highest BCUT2D eigenvalue weighted by molar-refractivity contribution is 5.92. The Morgan fingerprint density at radius 1 is 1.23 bits per heavy atom. The largest absolute Gasteiger partial charge is 0.497 e. The number of carbonyl (C=O) groups excluding carboxylic acids is 1. The van der Waals surface area contributed by atoms with Crippen LogP contribution in [0.3, 0.4) is 0 Å². The quantitative estimate of drug-likeness (QED) is 0.413. The molecule has 1 amide bonds. The van der Waals surface area contributed by atoms with Gasteiger partial charge in [0, 0.05) is 18.3 Å². The molecule has 11 nitrogen and oxygen atoms in total. The van der Waals surface area contributed by atoms with Gasteiger partial charge in [0.15, 0.2) is 17.0 Å². The molecule has 3 aromatic heterocycles. The predicted molar refractivity (Wildman–Crippen MR) is 117 cm³/mol. The van der Waals surface area contributed by atoms with Gasteiger partial charge >= 0.3 is 0 Å². The number of nitrogens with two attached hydrogens (primary N) is 1. The van der Waals surface area contributed by atoms with Gasteiger partial charge in [0.05, 0.1) is 19.1 Å². The lowest BCUT2D eigenvalue weighted by molar-refractivity contribution is -0.116. The van der Waals surface area contributed by atoms with E-state index in [4.69, 9.17) is 10.5 Å². The summed E-state index contributed by atoms with van der Waals surface area (Å²) in [6, 6.07) is 9.19. The van der Waals surface area contributed by atoms with Crippen LogP contribution in [-0.4, -0.2) is 42.3 Å². The molecule has 0 spiro atoms. The smallest absolute Gasteiger partial charge is 0.245 e. The molecule has 0 aliphatic carbocycles. The first-order chi connectivity index (χ1) is 15.0. The predicted octanol–water partition coefficient (Wildman–Crippen LogP) is 2.32. The number of fused-ring (bicyclic) bond motifs is 1. The first-order valence-corrected chi connectivity index (χ1v) is 9.70. The first kappa shape index (κ1) is 20.1. The van der Waals surface area contributed by atoms with E-state index in [-0.39, 0.29) is 18.4 Å². The van der Waals surface area contributed by atoms with Gasteiger partial charge in [-0.05, 0) is 38.1 Å². The third-order valence-corrected chi connectivity index (χ3v) is 4.62. The van der Waals surface area contributed by atoms with Crippen LogP contribution in [0.2, 0.25) is 0 Å². The maximum atomic E-state index is 12.6. The summed E-state index contributed by atoms with van der Waals surface area (Å²) < 4.78 is 8.53. The Kier molecular flexibility index (Phi) is 5.39. The second kappa shape index (κ2) is 8.30. The summed E-state index contributed by atoms with van der Waals surface area (Å²) in [6.45, 7) is 4.51. The van der Waals surface area contributed by atoms with Crippen molar-refractivity contribution in [2.45, 2.75) is 26.9 Å². The molecule has 4 rings (SSSR count). The van der Waals surface area contributed by atoms with Gasteiger partial charge in [-0.2, -0.15) is 15.1 Å².